The van der Waals surface area contributed by atoms with Crippen molar-refractivity contribution in [2.45, 2.75) is 31.0 Å². The smallest absolute Gasteiger partial charge is 0.328 e. The monoisotopic (exact) mass is 399 g/mol. The molecular weight excluding hydrogens is 374 g/mol. The number of hydrogen-bond donors (Lipinski definition) is 5. The van der Waals surface area contributed by atoms with E-state index in [-0.39, 0.29) is 6.42 Å². The molecule has 0 bridgehead atoms. The van der Waals surface area contributed by atoms with E-state index in [0.29, 0.717) is 6.42 Å². The molecule has 2 rings (SSSR count). The Morgan fingerprint density at radius 2 is 1.28 bits per heavy atom. The highest BCUT2D eigenvalue weighted by atomic mass is 16.4. The molecule has 6 N–H and O–H groups in total. The van der Waals surface area contributed by atoms with Gasteiger partial charge in [0.05, 0.1) is 12.6 Å². The van der Waals surface area contributed by atoms with Crippen LogP contribution < -0.4 is 16.4 Å². The van der Waals surface area contributed by atoms with Crippen LogP contribution in [0.3, 0.4) is 0 Å². The minimum Gasteiger partial charge on any atom is -0.480 e. The molecule has 0 aromatic heterocycles. The number of nitrogens with two attached hydrogens (primary N) is 1. The first-order valence-electron chi connectivity index (χ1n) is 9.18. The van der Waals surface area contributed by atoms with Crippen LogP contribution in [-0.4, -0.2) is 52.7 Å². The zero-order valence-electron chi connectivity index (χ0n) is 15.8. The molecule has 0 saturated heterocycles. The lowest BCUT2D eigenvalue weighted by Crippen LogP contribution is -2.56. The summed E-state index contributed by atoms with van der Waals surface area (Å²) in [5.74, 6) is -2.61. The SMILES string of the molecule is N[C@H](Cc1ccccc1)C(=O)N[C@H](Cc1ccccc1)C(=O)N[C@H](CO)C(=O)O. The molecule has 2 aromatic carbocycles. The molecule has 3 atom stereocenters. The molecule has 2 amide bonds. The summed E-state index contributed by atoms with van der Waals surface area (Å²) in [6.07, 6.45) is 0.439. The number of hydrogen-bond acceptors (Lipinski definition) is 5. The number of aliphatic hydroxyl groups excluding tert-OH is 1. The number of rotatable bonds is 10. The maximum absolute atomic E-state index is 12.6. The van der Waals surface area contributed by atoms with E-state index in [1.807, 2.05) is 36.4 Å². The van der Waals surface area contributed by atoms with Gasteiger partial charge in [0.1, 0.15) is 12.1 Å². The molecule has 0 heterocycles. The second-order valence-corrected chi connectivity index (χ2v) is 6.63. The van der Waals surface area contributed by atoms with Gasteiger partial charge in [0.15, 0.2) is 0 Å². The van der Waals surface area contributed by atoms with E-state index in [1.165, 1.54) is 0 Å². The van der Waals surface area contributed by atoms with Crippen LogP contribution in [0.25, 0.3) is 0 Å². The Bertz CT molecular complexity index is 814. The van der Waals surface area contributed by atoms with E-state index in [1.54, 1.807) is 24.3 Å². The predicted molar refractivity (Wildman–Crippen MR) is 107 cm³/mol. The number of aliphatic hydroxyl groups is 1. The molecule has 29 heavy (non-hydrogen) atoms. The molecule has 0 aliphatic heterocycles. The summed E-state index contributed by atoms with van der Waals surface area (Å²) in [5.41, 5.74) is 7.65. The van der Waals surface area contributed by atoms with Gasteiger partial charge in [-0.3, -0.25) is 9.59 Å². The van der Waals surface area contributed by atoms with Crippen molar-refractivity contribution in [2.75, 3.05) is 6.61 Å². The summed E-state index contributed by atoms with van der Waals surface area (Å²) >= 11 is 0. The standard InChI is InChI=1S/C21H25N3O5/c22-16(11-14-7-3-1-4-8-14)19(26)23-17(12-15-9-5-2-6-10-15)20(27)24-18(13-25)21(28)29/h1-10,16-18,25H,11-13,22H2,(H,23,26)(H,24,27)(H,28,29)/t16-,17-,18-/m1/s1. The fourth-order valence-electron chi connectivity index (χ4n) is 2.76. The third-order valence-electron chi connectivity index (χ3n) is 4.35. The molecule has 8 heteroatoms. The summed E-state index contributed by atoms with van der Waals surface area (Å²) < 4.78 is 0. The maximum Gasteiger partial charge on any atom is 0.328 e. The second-order valence-electron chi connectivity index (χ2n) is 6.63. The van der Waals surface area contributed by atoms with Crippen molar-refractivity contribution in [1.29, 1.82) is 0 Å². The molecule has 0 aliphatic rings. The van der Waals surface area contributed by atoms with Crippen LogP contribution >= 0.6 is 0 Å². The Balaban J connectivity index is 2.10. The number of nitrogens with one attached hydrogen (secondary N) is 2. The molecule has 0 radical (unpaired) electrons. The third kappa shape index (κ3) is 7.02. The highest BCUT2D eigenvalue weighted by Gasteiger charge is 2.28. The second kappa shape index (κ2) is 10.9. The summed E-state index contributed by atoms with van der Waals surface area (Å²) in [6.45, 7) is -0.763. The normalized spacial score (nSPS) is 13.7. The third-order valence-corrected chi connectivity index (χ3v) is 4.35. The van der Waals surface area contributed by atoms with Gasteiger partial charge < -0.3 is 26.6 Å². The van der Waals surface area contributed by atoms with Crippen LogP contribution in [0.4, 0.5) is 0 Å². The Morgan fingerprint density at radius 1 is 0.793 bits per heavy atom. The Kier molecular flexibility index (Phi) is 8.32. The van der Waals surface area contributed by atoms with Crippen LogP contribution in [0.2, 0.25) is 0 Å². The molecule has 8 nitrogen and oxygen atoms in total. The summed E-state index contributed by atoms with van der Waals surface area (Å²) in [4.78, 5) is 36.3. The largest absolute Gasteiger partial charge is 0.480 e. The van der Waals surface area contributed by atoms with Gasteiger partial charge in [0.2, 0.25) is 11.8 Å². The molecule has 0 spiro atoms. The van der Waals surface area contributed by atoms with Gasteiger partial charge in [-0.2, -0.15) is 0 Å². The number of carbonyl (C=O) groups is 3. The topological polar surface area (TPSA) is 142 Å². The summed E-state index contributed by atoms with van der Waals surface area (Å²) in [7, 11) is 0. The number of aliphatic carboxylic acids is 1. The maximum atomic E-state index is 12.6. The molecule has 0 aliphatic carbocycles. The summed E-state index contributed by atoms with van der Waals surface area (Å²) in [5, 5.41) is 23.0. The van der Waals surface area contributed by atoms with Crippen molar-refractivity contribution in [3.63, 3.8) is 0 Å². The lowest BCUT2D eigenvalue weighted by molar-refractivity contribution is -0.143. The first-order valence-corrected chi connectivity index (χ1v) is 9.18. The zero-order chi connectivity index (χ0) is 21.2. The van der Waals surface area contributed by atoms with Crippen LogP contribution in [0.1, 0.15) is 11.1 Å². The number of amides is 2. The highest BCUT2D eigenvalue weighted by molar-refractivity contribution is 5.92. The van der Waals surface area contributed by atoms with E-state index < -0.39 is 42.5 Å². The number of carbonyl (C=O) groups excluding carboxylic acids is 2. The molecule has 0 unspecified atom stereocenters. The van der Waals surface area contributed by atoms with E-state index in [0.717, 1.165) is 11.1 Å². The minimum atomic E-state index is -1.46. The van der Waals surface area contributed by atoms with Gasteiger partial charge in [-0.1, -0.05) is 60.7 Å². The minimum absolute atomic E-state index is 0.147. The van der Waals surface area contributed by atoms with Gasteiger partial charge in [-0.15, -0.1) is 0 Å². The summed E-state index contributed by atoms with van der Waals surface area (Å²) in [6, 6.07) is 14.8. The van der Waals surface area contributed by atoms with Crippen molar-refractivity contribution in [1.82, 2.24) is 10.6 Å². The quantitative estimate of drug-likeness (QED) is 0.376. The van der Waals surface area contributed by atoms with Crippen LogP contribution in [0.15, 0.2) is 60.7 Å². The lowest BCUT2D eigenvalue weighted by Gasteiger charge is -2.22. The average Bonchev–Trinajstić information content (AvgIpc) is 2.72. The number of carboxylic acid groups (broad SMARTS) is 1. The van der Waals surface area contributed by atoms with Crippen molar-refractivity contribution in [2.24, 2.45) is 5.73 Å². The fourth-order valence-corrected chi connectivity index (χ4v) is 2.76. The van der Waals surface area contributed by atoms with Crippen molar-refractivity contribution >= 4 is 17.8 Å². The van der Waals surface area contributed by atoms with E-state index in [2.05, 4.69) is 10.6 Å². The van der Waals surface area contributed by atoms with Gasteiger partial charge in [-0.25, -0.2) is 4.79 Å². The van der Waals surface area contributed by atoms with Crippen molar-refractivity contribution < 1.29 is 24.6 Å². The van der Waals surface area contributed by atoms with E-state index in [9.17, 15) is 14.4 Å². The van der Waals surface area contributed by atoms with Gasteiger partial charge >= 0.3 is 5.97 Å². The average molecular weight is 399 g/mol. The van der Waals surface area contributed by atoms with Gasteiger partial charge in [-0.05, 0) is 17.5 Å². The number of carboxylic acids is 1. The Morgan fingerprint density at radius 3 is 1.76 bits per heavy atom. The Hall–Kier alpha value is -3.23. The van der Waals surface area contributed by atoms with Crippen LogP contribution in [0.5, 0.6) is 0 Å². The van der Waals surface area contributed by atoms with Gasteiger partial charge in [0.25, 0.3) is 0 Å². The van der Waals surface area contributed by atoms with Crippen LogP contribution in [-0.2, 0) is 27.2 Å². The molecular formula is C21H25N3O5. The first kappa shape index (κ1) is 22.1. The van der Waals surface area contributed by atoms with E-state index >= 15 is 0 Å². The predicted octanol–water partition coefficient (Wildman–Crippen LogP) is -0.154. The Labute approximate surface area is 168 Å². The van der Waals surface area contributed by atoms with Crippen molar-refractivity contribution in [3.05, 3.63) is 71.8 Å². The zero-order valence-corrected chi connectivity index (χ0v) is 15.8. The molecule has 2 aromatic rings. The molecule has 0 saturated carbocycles. The van der Waals surface area contributed by atoms with E-state index in [4.69, 9.17) is 15.9 Å². The first-order chi connectivity index (χ1) is 13.9. The fraction of sp³-hybridized carbons (Fsp3) is 0.286. The lowest BCUT2D eigenvalue weighted by atomic mass is 10.0. The molecule has 0 fully saturated rings. The molecule has 154 valence electrons. The van der Waals surface area contributed by atoms with Crippen molar-refractivity contribution in [3.8, 4) is 0 Å². The highest BCUT2D eigenvalue weighted by Crippen LogP contribution is 2.06. The van der Waals surface area contributed by atoms with Crippen LogP contribution in [0, 0.1) is 0 Å². The number of benzene rings is 2. The van der Waals surface area contributed by atoms with Gasteiger partial charge in [0, 0.05) is 6.42 Å².